The zero-order valence-electron chi connectivity index (χ0n) is 14.1. The van der Waals surface area contributed by atoms with E-state index < -0.39 is 5.54 Å². The van der Waals surface area contributed by atoms with Gasteiger partial charge in [-0.2, -0.15) is 0 Å². The molecule has 0 aliphatic heterocycles. The van der Waals surface area contributed by atoms with E-state index in [4.69, 9.17) is 5.73 Å². The highest BCUT2D eigenvalue weighted by Gasteiger charge is 2.21. The smallest absolute Gasteiger partial charge is 0.172 e. The molecular formula is C18H31NO2S. The number of Topliss-reactive ketones (excluding diaryl/α,β-unsaturated/α-hetero) is 1. The molecule has 0 radical (unpaired) electrons. The number of ketones is 1. The Morgan fingerprint density at radius 3 is 2.59 bits per heavy atom. The summed E-state index contributed by atoms with van der Waals surface area (Å²) in [6.07, 6.45) is 8.89. The van der Waals surface area contributed by atoms with Crippen molar-refractivity contribution < 1.29 is 9.90 Å². The molecular weight excluding hydrogens is 294 g/mol. The number of aliphatic hydroxyl groups excluding tert-OH is 1. The summed E-state index contributed by atoms with van der Waals surface area (Å²) in [5, 5.41) is 9.34. The van der Waals surface area contributed by atoms with Gasteiger partial charge in [-0.25, -0.2) is 0 Å². The van der Waals surface area contributed by atoms with E-state index in [1.165, 1.54) is 24.1 Å². The lowest BCUT2D eigenvalue weighted by Crippen LogP contribution is -2.43. The maximum absolute atomic E-state index is 12.1. The highest BCUT2D eigenvalue weighted by molar-refractivity contribution is 7.14. The van der Waals surface area contributed by atoms with Crippen molar-refractivity contribution in [2.45, 2.75) is 77.2 Å². The Balaban J connectivity index is 2.38. The van der Waals surface area contributed by atoms with Crippen molar-refractivity contribution in [1.29, 1.82) is 0 Å². The molecule has 126 valence electrons. The highest BCUT2D eigenvalue weighted by Crippen LogP contribution is 2.23. The van der Waals surface area contributed by atoms with Crippen LogP contribution in [0.3, 0.4) is 0 Å². The average molecular weight is 326 g/mol. The molecule has 1 atom stereocenters. The summed E-state index contributed by atoms with van der Waals surface area (Å²) < 4.78 is 0. The number of hydrogen-bond donors (Lipinski definition) is 2. The molecule has 0 amide bonds. The SMILES string of the molecule is CCCCCCCC(=O)c1ccc(CCC(N)(CC)CO)s1. The van der Waals surface area contributed by atoms with E-state index >= 15 is 0 Å². The fourth-order valence-electron chi connectivity index (χ4n) is 2.41. The second kappa shape index (κ2) is 10.1. The summed E-state index contributed by atoms with van der Waals surface area (Å²) in [5.74, 6) is 0.268. The molecule has 0 spiro atoms. The van der Waals surface area contributed by atoms with E-state index in [1.807, 2.05) is 19.1 Å². The van der Waals surface area contributed by atoms with Crippen molar-refractivity contribution in [2.24, 2.45) is 5.73 Å². The number of thiophene rings is 1. The van der Waals surface area contributed by atoms with Crippen molar-refractivity contribution >= 4 is 17.1 Å². The van der Waals surface area contributed by atoms with Crippen LogP contribution in [-0.2, 0) is 6.42 Å². The molecule has 0 saturated heterocycles. The minimum absolute atomic E-state index is 0.0123. The van der Waals surface area contributed by atoms with E-state index in [0.29, 0.717) is 6.42 Å². The molecule has 0 fully saturated rings. The second-order valence-corrected chi connectivity index (χ2v) is 7.40. The lowest BCUT2D eigenvalue weighted by molar-refractivity contribution is 0.0983. The Morgan fingerprint density at radius 1 is 1.23 bits per heavy atom. The first-order valence-electron chi connectivity index (χ1n) is 8.56. The maximum Gasteiger partial charge on any atom is 0.172 e. The molecule has 0 aliphatic rings. The number of carbonyl (C=O) groups excluding carboxylic acids is 1. The van der Waals surface area contributed by atoms with Gasteiger partial charge in [-0.15, -0.1) is 11.3 Å². The monoisotopic (exact) mass is 325 g/mol. The van der Waals surface area contributed by atoms with Crippen LogP contribution in [0.5, 0.6) is 0 Å². The van der Waals surface area contributed by atoms with Crippen LogP contribution in [0.15, 0.2) is 12.1 Å². The van der Waals surface area contributed by atoms with Gasteiger partial charge in [0.15, 0.2) is 5.78 Å². The summed E-state index contributed by atoms with van der Waals surface area (Å²) in [6, 6.07) is 3.97. The van der Waals surface area contributed by atoms with Gasteiger partial charge in [-0.05, 0) is 37.8 Å². The Kier molecular flexibility index (Phi) is 8.91. The van der Waals surface area contributed by atoms with Crippen LogP contribution in [0.1, 0.15) is 79.8 Å². The maximum atomic E-state index is 12.1. The summed E-state index contributed by atoms with van der Waals surface area (Å²) in [6.45, 7) is 4.21. The molecule has 0 aromatic carbocycles. The summed E-state index contributed by atoms with van der Waals surface area (Å²) in [4.78, 5) is 14.2. The molecule has 1 heterocycles. The highest BCUT2D eigenvalue weighted by atomic mass is 32.1. The molecule has 3 nitrogen and oxygen atoms in total. The van der Waals surface area contributed by atoms with E-state index in [9.17, 15) is 9.90 Å². The van der Waals surface area contributed by atoms with Crippen LogP contribution in [0, 0.1) is 0 Å². The number of aliphatic hydroxyl groups is 1. The Hall–Kier alpha value is -0.710. The van der Waals surface area contributed by atoms with Crippen molar-refractivity contribution in [3.8, 4) is 0 Å². The third kappa shape index (κ3) is 6.59. The van der Waals surface area contributed by atoms with Crippen LogP contribution in [0.2, 0.25) is 0 Å². The Labute approximate surface area is 138 Å². The van der Waals surface area contributed by atoms with Crippen molar-refractivity contribution in [3.05, 3.63) is 21.9 Å². The zero-order chi connectivity index (χ0) is 16.4. The first kappa shape index (κ1) is 19.3. The van der Waals surface area contributed by atoms with Gasteiger partial charge >= 0.3 is 0 Å². The predicted molar refractivity (Wildman–Crippen MR) is 94.6 cm³/mol. The van der Waals surface area contributed by atoms with Gasteiger partial charge in [0, 0.05) is 16.8 Å². The molecule has 1 rings (SSSR count). The Bertz CT molecular complexity index is 438. The summed E-state index contributed by atoms with van der Waals surface area (Å²) in [7, 11) is 0. The minimum Gasteiger partial charge on any atom is -0.394 e. The van der Waals surface area contributed by atoms with Crippen LogP contribution >= 0.6 is 11.3 Å². The predicted octanol–water partition coefficient (Wildman–Crippen LogP) is 4.32. The van der Waals surface area contributed by atoms with E-state index in [1.54, 1.807) is 11.3 Å². The molecule has 4 heteroatoms. The quantitative estimate of drug-likeness (QED) is 0.444. The molecule has 3 N–H and O–H groups in total. The van der Waals surface area contributed by atoms with Crippen molar-refractivity contribution in [1.82, 2.24) is 0 Å². The summed E-state index contributed by atoms with van der Waals surface area (Å²) >= 11 is 1.58. The number of carbonyl (C=O) groups is 1. The number of unbranched alkanes of at least 4 members (excludes halogenated alkanes) is 4. The first-order chi connectivity index (χ1) is 10.5. The molecule has 0 aliphatic carbocycles. The number of hydrogen-bond acceptors (Lipinski definition) is 4. The molecule has 0 bridgehead atoms. The molecule has 22 heavy (non-hydrogen) atoms. The standard InChI is InChI=1S/C18H31NO2S/c1-3-5-6-7-8-9-16(21)17-11-10-15(22-17)12-13-18(19,4-2)14-20/h10-11,20H,3-9,12-14,19H2,1-2H3. The summed E-state index contributed by atoms with van der Waals surface area (Å²) in [5.41, 5.74) is 5.61. The van der Waals surface area contributed by atoms with E-state index in [2.05, 4.69) is 6.92 Å². The first-order valence-corrected chi connectivity index (χ1v) is 9.38. The normalized spacial score (nSPS) is 14.0. The van der Waals surface area contributed by atoms with Crippen molar-refractivity contribution in [2.75, 3.05) is 6.61 Å². The topological polar surface area (TPSA) is 63.3 Å². The molecule has 1 unspecified atom stereocenters. The zero-order valence-corrected chi connectivity index (χ0v) is 14.9. The van der Waals surface area contributed by atoms with Crippen molar-refractivity contribution in [3.63, 3.8) is 0 Å². The van der Waals surface area contributed by atoms with Gasteiger partial charge in [0.1, 0.15) is 0 Å². The second-order valence-electron chi connectivity index (χ2n) is 6.23. The number of nitrogens with two attached hydrogens (primary N) is 1. The molecule has 1 aromatic rings. The lowest BCUT2D eigenvalue weighted by atomic mass is 9.92. The minimum atomic E-state index is -0.493. The van der Waals surface area contributed by atoms with Gasteiger partial charge in [-0.3, -0.25) is 4.79 Å². The van der Waals surface area contributed by atoms with Gasteiger partial charge in [0.2, 0.25) is 0 Å². The largest absolute Gasteiger partial charge is 0.394 e. The van der Waals surface area contributed by atoms with Gasteiger partial charge < -0.3 is 10.8 Å². The van der Waals surface area contributed by atoms with Crippen LogP contribution < -0.4 is 5.73 Å². The lowest BCUT2D eigenvalue weighted by Gasteiger charge is -2.25. The number of aryl methyl sites for hydroxylation is 1. The van der Waals surface area contributed by atoms with E-state index in [-0.39, 0.29) is 12.4 Å². The fourth-order valence-corrected chi connectivity index (χ4v) is 3.39. The Morgan fingerprint density at radius 2 is 1.95 bits per heavy atom. The van der Waals surface area contributed by atoms with Gasteiger partial charge in [-0.1, -0.05) is 39.5 Å². The molecule has 1 aromatic heterocycles. The third-order valence-corrected chi connectivity index (χ3v) is 5.52. The third-order valence-electron chi connectivity index (χ3n) is 4.33. The van der Waals surface area contributed by atoms with Gasteiger partial charge in [0.25, 0.3) is 0 Å². The fraction of sp³-hybridized carbons (Fsp3) is 0.722. The van der Waals surface area contributed by atoms with Gasteiger partial charge in [0.05, 0.1) is 11.5 Å². The van der Waals surface area contributed by atoms with Crippen LogP contribution in [0.25, 0.3) is 0 Å². The van der Waals surface area contributed by atoms with Crippen LogP contribution in [0.4, 0.5) is 0 Å². The van der Waals surface area contributed by atoms with Crippen LogP contribution in [-0.4, -0.2) is 23.0 Å². The molecule has 0 saturated carbocycles. The average Bonchev–Trinajstić information content (AvgIpc) is 3.01. The number of rotatable bonds is 12. The van der Waals surface area contributed by atoms with E-state index in [0.717, 1.165) is 37.0 Å².